The third kappa shape index (κ3) is 4.07. The zero-order chi connectivity index (χ0) is 9.03. The van der Waals surface area contributed by atoms with Crippen molar-refractivity contribution in [2.75, 3.05) is 0 Å². The minimum atomic E-state index is -1.02. The third-order valence-electron chi connectivity index (χ3n) is 2.57. The van der Waals surface area contributed by atoms with Crippen LogP contribution in [0.5, 0.6) is 0 Å². The molecule has 1 heterocycles. The van der Waals surface area contributed by atoms with E-state index >= 15 is 0 Å². The van der Waals surface area contributed by atoms with E-state index in [4.69, 9.17) is 0 Å². The Bertz CT molecular complexity index is 129. The van der Waals surface area contributed by atoms with E-state index in [9.17, 15) is 0 Å². The van der Waals surface area contributed by atoms with Crippen LogP contribution in [0.3, 0.4) is 0 Å². The highest BCUT2D eigenvalue weighted by Gasteiger charge is 2.33. The molecule has 1 radical (unpaired) electrons. The van der Waals surface area contributed by atoms with E-state index in [2.05, 4.69) is 37.5 Å². The second-order valence-corrected chi connectivity index (χ2v) is 21.7. The molecule has 0 spiro atoms. The number of hydrogen-bond acceptors (Lipinski definition) is 0. The second-order valence-electron chi connectivity index (χ2n) is 3.71. The molecule has 0 N–H and O–H groups in total. The molecule has 0 saturated carbocycles. The number of halogens is 2. The first-order valence-corrected chi connectivity index (χ1v) is 13.9. The second kappa shape index (κ2) is 5.32. The van der Waals surface area contributed by atoms with E-state index in [1.807, 2.05) is 0 Å². The Kier molecular flexibility index (Phi) is 5.08. The summed E-state index contributed by atoms with van der Waals surface area (Å²) in [5.41, 5.74) is 0. The van der Waals surface area contributed by atoms with E-state index in [-0.39, 0.29) is 8.80 Å². The van der Waals surface area contributed by atoms with Crippen LogP contribution in [0.2, 0.25) is 30.2 Å². The highest BCUT2D eigenvalue weighted by Crippen LogP contribution is 2.39. The Morgan fingerprint density at radius 2 is 1.83 bits per heavy atom. The van der Waals surface area contributed by atoms with Gasteiger partial charge in [0, 0.05) is 8.80 Å². The molecule has 12 heavy (non-hydrogen) atoms. The molecule has 0 aliphatic carbocycles. The van der Waals surface area contributed by atoms with E-state index in [0.717, 1.165) is 0 Å². The van der Waals surface area contributed by atoms with Gasteiger partial charge in [-0.1, -0.05) is 37.9 Å². The van der Waals surface area contributed by atoms with Gasteiger partial charge in [-0.05, 0) is 12.1 Å². The summed E-state index contributed by atoms with van der Waals surface area (Å²) in [5, 5.41) is -1.02. The Hall–Kier alpha value is 1.39. The van der Waals surface area contributed by atoms with Gasteiger partial charge in [-0.25, -0.2) is 0 Å². The van der Waals surface area contributed by atoms with Crippen molar-refractivity contribution in [3.8, 4) is 0 Å². The largest absolute Gasteiger partial charge is 0.200 e. The van der Waals surface area contributed by atoms with Crippen LogP contribution in [0.1, 0.15) is 19.8 Å². The summed E-state index contributed by atoms with van der Waals surface area (Å²) in [6.07, 6.45) is 2.87. The Morgan fingerprint density at radius 1 is 1.25 bits per heavy atom. The maximum absolute atomic E-state index is 3.86. The van der Waals surface area contributed by atoms with Crippen molar-refractivity contribution in [3.05, 3.63) is 0 Å². The molecule has 1 aliphatic rings. The van der Waals surface area contributed by atoms with Crippen molar-refractivity contribution in [2.24, 2.45) is 0 Å². The van der Waals surface area contributed by atoms with Gasteiger partial charge in [0.2, 0.25) is 5.31 Å². The smallest absolute Gasteiger partial charge is 0.111 e. The number of hydrogen-bond donors (Lipinski definition) is 0. The molecule has 1 fully saturated rings. The summed E-state index contributed by atoms with van der Waals surface area (Å²) in [7, 11) is 0.0937. The summed E-state index contributed by atoms with van der Waals surface area (Å²) in [6, 6.07) is 7.66. The molecule has 0 aromatic rings. The van der Waals surface area contributed by atoms with E-state index in [1.54, 1.807) is 18.1 Å². The van der Waals surface area contributed by atoms with Crippen molar-refractivity contribution in [2.45, 2.75) is 50.0 Å². The third-order valence-corrected chi connectivity index (χ3v) is 13.3. The quantitative estimate of drug-likeness (QED) is 0.527. The predicted molar refractivity (Wildman–Crippen MR) is 68.3 cm³/mol. The van der Waals surface area contributed by atoms with Crippen LogP contribution in [0.15, 0.2) is 0 Å². The molecule has 1 rings (SSSR count). The Labute approximate surface area is 94.3 Å². The van der Waals surface area contributed by atoms with E-state index in [1.165, 1.54) is 24.9 Å². The lowest BCUT2D eigenvalue weighted by atomic mass is 10.4. The van der Waals surface area contributed by atoms with E-state index < -0.39 is 5.31 Å². The maximum Gasteiger partial charge on any atom is 0.200 e. The lowest BCUT2D eigenvalue weighted by Crippen LogP contribution is -2.29. The van der Waals surface area contributed by atoms with Crippen LogP contribution < -0.4 is 0 Å². The van der Waals surface area contributed by atoms with Gasteiger partial charge in [-0.15, -0.1) is 30.6 Å². The van der Waals surface area contributed by atoms with Gasteiger partial charge in [0.25, 0.3) is 0 Å². The average molecular weight is 329 g/mol. The Morgan fingerprint density at radius 3 is 2.33 bits per heavy atom. The van der Waals surface area contributed by atoms with Gasteiger partial charge in [0.15, 0.2) is 0 Å². The minimum absolute atomic E-state index is 0.0937. The first-order valence-electron chi connectivity index (χ1n) is 4.85. The van der Waals surface area contributed by atoms with Crippen LogP contribution in [0.25, 0.3) is 0 Å². The molecule has 0 aromatic heterocycles. The first-order chi connectivity index (χ1) is 5.64. The van der Waals surface area contributed by atoms with Gasteiger partial charge in [0.1, 0.15) is 0 Å². The summed E-state index contributed by atoms with van der Waals surface area (Å²) < 4.78 is 0. The summed E-state index contributed by atoms with van der Waals surface area (Å²) in [4.78, 5) is 0. The van der Waals surface area contributed by atoms with Crippen LogP contribution >= 0.6 is 30.6 Å². The molecular weight excluding hydrogens is 312 g/mol. The van der Waals surface area contributed by atoms with Gasteiger partial charge in [0.05, 0.1) is 0 Å². The first kappa shape index (κ1) is 11.5. The molecule has 4 heteroatoms. The zero-order valence-corrected chi connectivity index (χ0v) is 12.9. The molecule has 0 aromatic carbocycles. The monoisotopic (exact) mass is 327 g/mol. The Balaban J connectivity index is 2.18. The van der Waals surface area contributed by atoms with Crippen molar-refractivity contribution in [1.82, 2.24) is 0 Å². The standard InChI is InChI=1S/C8H17Br2Si2/c1-2-3-4-11-5-7-12(9,10)8-6-11/h2-8H2,1H3. The van der Waals surface area contributed by atoms with Gasteiger partial charge < -0.3 is 0 Å². The lowest BCUT2D eigenvalue weighted by molar-refractivity contribution is 0.866. The SMILES string of the molecule is CCCC[Si]1CC[Si](Br)(Br)CC1. The fourth-order valence-corrected chi connectivity index (χ4v) is 16.4. The maximum atomic E-state index is 3.86. The van der Waals surface area contributed by atoms with Crippen molar-refractivity contribution in [3.63, 3.8) is 0 Å². The molecule has 0 amide bonds. The van der Waals surface area contributed by atoms with Crippen LogP contribution in [0, 0.1) is 0 Å². The fourth-order valence-electron chi connectivity index (χ4n) is 1.65. The van der Waals surface area contributed by atoms with Crippen molar-refractivity contribution in [1.29, 1.82) is 0 Å². The molecule has 71 valence electrons. The molecule has 0 unspecified atom stereocenters. The number of unbranched alkanes of at least 4 members (excludes halogenated alkanes) is 1. The molecule has 0 atom stereocenters. The van der Waals surface area contributed by atoms with Gasteiger partial charge in [-0.3, -0.25) is 0 Å². The van der Waals surface area contributed by atoms with Crippen molar-refractivity contribution >= 4 is 44.7 Å². The summed E-state index contributed by atoms with van der Waals surface area (Å²) in [6.45, 7) is 2.30. The fraction of sp³-hybridized carbons (Fsp3) is 1.00. The summed E-state index contributed by atoms with van der Waals surface area (Å²) >= 11 is 7.72. The van der Waals surface area contributed by atoms with Crippen LogP contribution in [0.4, 0.5) is 0 Å². The minimum Gasteiger partial charge on any atom is -0.111 e. The molecule has 1 saturated heterocycles. The molecule has 1 aliphatic heterocycles. The zero-order valence-electron chi connectivity index (χ0n) is 7.71. The van der Waals surface area contributed by atoms with E-state index in [0.29, 0.717) is 0 Å². The average Bonchev–Trinajstić information content (AvgIpc) is 2.03. The topological polar surface area (TPSA) is 0 Å². The van der Waals surface area contributed by atoms with Gasteiger partial charge >= 0.3 is 0 Å². The van der Waals surface area contributed by atoms with Crippen LogP contribution in [-0.4, -0.2) is 14.1 Å². The predicted octanol–water partition coefficient (Wildman–Crippen LogP) is 4.53. The van der Waals surface area contributed by atoms with Crippen molar-refractivity contribution < 1.29 is 0 Å². The lowest BCUT2D eigenvalue weighted by Gasteiger charge is -2.28. The molecule has 0 nitrogen and oxygen atoms in total. The highest BCUT2D eigenvalue weighted by molar-refractivity contribution is 9.51. The highest BCUT2D eigenvalue weighted by atomic mass is 79.9. The normalized spacial score (nSPS) is 24.2. The number of rotatable bonds is 3. The summed E-state index contributed by atoms with van der Waals surface area (Å²) in [5.74, 6) is 0. The van der Waals surface area contributed by atoms with Gasteiger partial charge in [-0.2, -0.15) is 0 Å². The van der Waals surface area contributed by atoms with Crippen LogP contribution in [-0.2, 0) is 0 Å². The molecular formula is C8H17Br2Si2. The molecule has 0 bridgehead atoms.